The Labute approximate surface area is 182 Å². The molecule has 0 spiro atoms. The van der Waals surface area contributed by atoms with E-state index >= 15 is 0 Å². The molecule has 4 N–H and O–H groups in total. The Morgan fingerprint density at radius 2 is 1.93 bits per heavy atom. The van der Waals surface area contributed by atoms with E-state index in [1.54, 1.807) is 0 Å². The maximum Gasteiger partial charge on any atom is 0.211 e. The molecule has 7 nitrogen and oxygen atoms in total. The van der Waals surface area contributed by atoms with Gasteiger partial charge >= 0.3 is 0 Å². The number of para-hydroxylation sites is 2. The molecular weight excluding hydrogens is 526 g/mol. The van der Waals surface area contributed by atoms with Crippen molar-refractivity contribution in [1.29, 1.82) is 5.26 Å². The Bertz CT molecular complexity index is 638. The number of nitrogens with zero attached hydrogens (tertiary/aromatic N) is 3. The molecule has 0 unspecified atom stereocenters. The average molecular weight is 556 g/mol. The van der Waals surface area contributed by atoms with Crippen molar-refractivity contribution in [2.75, 3.05) is 30.4 Å². The first-order chi connectivity index (χ1) is 13.2. The second kappa shape index (κ2) is 12.2. The summed E-state index contributed by atoms with van der Waals surface area (Å²) in [6.07, 6.45) is 9.17. The monoisotopic (exact) mass is 556 g/mol. The van der Waals surface area contributed by atoms with Crippen LogP contribution in [0.4, 0.5) is 11.4 Å². The average Bonchev–Trinajstić information content (AvgIpc) is 2.76. The smallest absolute Gasteiger partial charge is 0.211 e. The molecule has 28 heavy (non-hydrogen) atoms. The minimum absolute atomic E-state index is 0. The third kappa shape index (κ3) is 5.54. The van der Waals surface area contributed by atoms with Gasteiger partial charge in [-0.25, -0.2) is 5.90 Å². The molecule has 8 heteroatoms. The van der Waals surface area contributed by atoms with Gasteiger partial charge in [-0.2, -0.15) is 18.1 Å². The molecule has 2 fully saturated rings. The van der Waals surface area contributed by atoms with Crippen molar-refractivity contribution in [3.63, 3.8) is 0 Å². The van der Waals surface area contributed by atoms with Crippen LogP contribution in [0.5, 0.6) is 0 Å². The quantitative estimate of drug-likeness (QED) is 0.293. The first kappa shape index (κ1) is 24.6. The topological polar surface area (TPSA) is 106 Å². The number of carbonyl (C=O) groups is 1. The van der Waals surface area contributed by atoms with E-state index < -0.39 is 0 Å². The third-order valence-electron chi connectivity index (χ3n) is 5.85. The van der Waals surface area contributed by atoms with Crippen LogP contribution < -0.4 is 16.1 Å². The standard InChI is InChI=1S/C20H27N4O.H3NO.W/c1-23(19-8-4-3-7-18(19)22-16-25)17-9-13-24(14-10-17)20(15-21)11-5-2-6-12-20;1-2;/h2-4,7-8,16-17H,5-6,9-14H2,1H3,(H,22,25);2H,1H2;/q-1;;. The summed E-state index contributed by atoms with van der Waals surface area (Å²) in [5.41, 5.74) is 1.64. The number of hydrogen-bond donors (Lipinski definition) is 3. The number of benzene rings is 1. The van der Waals surface area contributed by atoms with Gasteiger partial charge < -0.3 is 21.8 Å². The first-order valence-electron chi connectivity index (χ1n) is 9.46. The van der Waals surface area contributed by atoms with Gasteiger partial charge in [-0.3, -0.25) is 9.69 Å². The number of amides is 1. The van der Waals surface area contributed by atoms with Crippen molar-refractivity contribution in [1.82, 2.24) is 4.90 Å². The Kier molecular flexibility index (Phi) is 10.7. The number of hydrogen-bond acceptors (Lipinski definition) is 6. The van der Waals surface area contributed by atoms with Gasteiger partial charge in [0.2, 0.25) is 6.41 Å². The second-order valence-electron chi connectivity index (χ2n) is 7.12. The van der Waals surface area contributed by atoms with Crippen LogP contribution in [0.2, 0.25) is 0 Å². The van der Waals surface area contributed by atoms with E-state index in [2.05, 4.69) is 40.6 Å². The molecule has 0 aromatic heterocycles. The molecule has 154 valence electrons. The van der Waals surface area contributed by atoms with Crippen molar-refractivity contribution >= 4 is 17.8 Å². The Balaban J connectivity index is 0.00000127. The fourth-order valence-electron chi connectivity index (χ4n) is 4.29. The predicted molar refractivity (Wildman–Crippen MR) is 106 cm³/mol. The summed E-state index contributed by atoms with van der Waals surface area (Å²) < 4.78 is 0. The fraction of sp³-hybridized carbons (Fsp3) is 0.550. The van der Waals surface area contributed by atoms with E-state index in [1.807, 2.05) is 24.3 Å². The van der Waals surface area contributed by atoms with Crippen LogP contribution in [0, 0.1) is 17.8 Å². The molecule has 1 aromatic rings. The van der Waals surface area contributed by atoms with Gasteiger partial charge in [0.05, 0.1) is 17.4 Å². The molecule has 1 aliphatic carbocycles. The van der Waals surface area contributed by atoms with Crippen LogP contribution in [0.25, 0.3) is 0 Å². The maximum absolute atomic E-state index is 10.8. The van der Waals surface area contributed by atoms with E-state index in [9.17, 15) is 10.1 Å². The molecule has 1 saturated carbocycles. The van der Waals surface area contributed by atoms with E-state index in [-0.39, 0.29) is 26.6 Å². The van der Waals surface area contributed by atoms with Crippen LogP contribution >= 0.6 is 0 Å². The Morgan fingerprint density at radius 3 is 2.50 bits per heavy atom. The molecule has 1 saturated heterocycles. The van der Waals surface area contributed by atoms with Gasteiger partial charge in [-0.1, -0.05) is 12.1 Å². The minimum Gasteiger partial charge on any atom is -0.370 e. The van der Waals surface area contributed by atoms with Gasteiger partial charge in [0.15, 0.2) is 0 Å². The Morgan fingerprint density at radius 1 is 1.32 bits per heavy atom. The Hall–Kier alpha value is -1.45. The molecule has 1 aliphatic heterocycles. The predicted octanol–water partition coefficient (Wildman–Crippen LogP) is 2.53. The number of nitrogens with two attached hydrogens (primary N) is 1. The molecular formula is C20H30N5O2W-. The van der Waals surface area contributed by atoms with Gasteiger partial charge in [0, 0.05) is 47.2 Å². The van der Waals surface area contributed by atoms with E-state index in [0.29, 0.717) is 6.04 Å². The number of carbonyl (C=O) groups excluding carboxylic acids is 1. The molecule has 3 rings (SSSR count). The van der Waals surface area contributed by atoms with Crippen LogP contribution in [0.1, 0.15) is 38.5 Å². The zero-order valence-electron chi connectivity index (χ0n) is 16.4. The number of likely N-dealkylation sites (tertiary alicyclic amines) is 1. The number of rotatable bonds is 5. The summed E-state index contributed by atoms with van der Waals surface area (Å²) in [6.45, 7) is 1.93. The minimum atomic E-state index is -0.255. The molecule has 0 bridgehead atoms. The number of anilines is 2. The second-order valence-corrected chi connectivity index (χ2v) is 7.12. The van der Waals surface area contributed by atoms with Crippen LogP contribution in [-0.2, 0) is 25.9 Å². The van der Waals surface area contributed by atoms with Crippen molar-refractivity contribution in [2.24, 2.45) is 5.90 Å². The van der Waals surface area contributed by atoms with Crippen molar-refractivity contribution < 1.29 is 31.1 Å². The van der Waals surface area contributed by atoms with Crippen molar-refractivity contribution in [3.8, 4) is 6.07 Å². The van der Waals surface area contributed by atoms with E-state index in [1.165, 1.54) is 0 Å². The summed E-state index contributed by atoms with van der Waals surface area (Å²) in [5.74, 6) is 3.50. The normalized spacial score (nSPS) is 19.2. The molecule has 1 heterocycles. The summed E-state index contributed by atoms with van der Waals surface area (Å²) in [5, 5.41) is 19.1. The molecule has 0 atom stereocenters. The molecule has 1 amide bonds. The molecule has 1 aromatic carbocycles. The summed E-state index contributed by atoms with van der Waals surface area (Å²) in [7, 11) is 2.10. The summed E-state index contributed by atoms with van der Waals surface area (Å²) >= 11 is 0. The van der Waals surface area contributed by atoms with E-state index in [4.69, 9.17) is 5.21 Å². The fourth-order valence-corrected chi connectivity index (χ4v) is 4.29. The largest absolute Gasteiger partial charge is 0.370 e. The zero-order valence-corrected chi connectivity index (χ0v) is 19.3. The molecule has 0 radical (unpaired) electrons. The summed E-state index contributed by atoms with van der Waals surface area (Å²) in [6, 6.07) is 11.0. The maximum atomic E-state index is 10.8. The SMILES string of the molecule is CN(c1ccccc1NC=O)C1CCN(C2(C#N)CC[CH-]CC2)CC1.NO.[W]. The van der Waals surface area contributed by atoms with Crippen molar-refractivity contribution in [3.05, 3.63) is 30.7 Å². The number of piperidine rings is 1. The first-order valence-corrected chi connectivity index (χ1v) is 9.46. The van der Waals surface area contributed by atoms with Crippen LogP contribution in [0.15, 0.2) is 24.3 Å². The third-order valence-corrected chi connectivity index (χ3v) is 5.85. The summed E-state index contributed by atoms with van der Waals surface area (Å²) in [4.78, 5) is 15.5. The zero-order chi connectivity index (χ0) is 19.7. The molecule has 2 aliphatic rings. The number of nitriles is 1. The van der Waals surface area contributed by atoms with Crippen LogP contribution in [-0.4, -0.2) is 48.2 Å². The van der Waals surface area contributed by atoms with E-state index in [0.717, 1.165) is 69.4 Å². The van der Waals surface area contributed by atoms with Gasteiger partial charge in [-0.15, -0.1) is 0 Å². The van der Waals surface area contributed by atoms with Gasteiger partial charge in [0.1, 0.15) is 5.54 Å². The number of nitrogens with one attached hydrogen (secondary N) is 1. The van der Waals surface area contributed by atoms with Gasteiger partial charge in [-0.05, 0) is 37.8 Å². The van der Waals surface area contributed by atoms with Gasteiger partial charge in [0.25, 0.3) is 0 Å². The van der Waals surface area contributed by atoms with Crippen LogP contribution in [0.3, 0.4) is 0 Å². The van der Waals surface area contributed by atoms with Crippen molar-refractivity contribution in [2.45, 2.75) is 50.1 Å².